The van der Waals surface area contributed by atoms with Crippen LogP contribution in [0, 0.1) is 11.8 Å². The fourth-order valence-electron chi connectivity index (χ4n) is 7.31. The monoisotopic (exact) mass is 462 g/mol. The van der Waals surface area contributed by atoms with Crippen molar-refractivity contribution in [1.29, 1.82) is 0 Å². The summed E-state index contributed by atoms with van der Waals surface area (Å²) in [4.78, 5) is 13.9. The third-order valence-electron chi connectivity index (χ3n) is 9.44. The Morgan fingerprint density at radius 2 is 1.56 bits per heavy atom. The summed E-state index contributed by atoms with van der Waals surface area (Å²) in [7, 11) is 2.33. The van der Waals surface area contributed by atoms with E-state index in [2.05, 4.69) is 44.3 Å². The fourth-order valence-corrected chi connectivity index (χ4v) is 7.31. The Morgan fingerprint density at radius 3 is 2.21 bits per heavy atom. The predicted molar refractivity (Wildman–Crippen MR) is 134 cm³/mol. The minimum atomic E-state index is -1.57. The van der Waals surface area contributed by atoms with Crippen molar-refractivity contribution >= 4 is 5.97 Å². The van der Waals surface area contributed by atoms with Crippen LogP contribution in [-0.4, -0.2) is 41.3 Å². The van der Waals surface area contributed by atoms with Gasteiger partial charge in [-0.3, -0.25) is 0 Å². The van der Waals surface area contributed by atoms with E-state index in [1.165, 1.54) is 18.4 Å². The molecule has 0 radical (unpaired) electrons. The van der Waals surface area contributed by atoms with E-state index in [1.54, 1.807) is 0 Å². The molecule has 3 fully saturated rings. The van der Waals surface area contributed by atoms with Crippen LogP contribution in [-0.2, 0) is 15.1 Å². The molecule has 2 aliphatic carbocycles. The van der Waals surface area contributed by atoms with E-state index in [4.69, 9.17) is 4.74 Å². The number of piperidine rings is 1. The summed E-state index contributed by atoms with van der Waals surface area (Å²) in [6.45, 7) is 3.33. The lowest BCUT2D eigenvalue weighted by atomic mass is 9.77. The van der Waals surface area contributed by atoms with Crippen molar-refractivity contribution in [3.63, 3.8) is 0 Å². The molecule has 5 rings (SSSR count). The minimum Gasteiger partial charge on any atom is -0.453 e. The summed E-state index contributed by atoms with van der Waals surface area (Å²) in [5, 5.41) is 12.1. The molecule has 2 aromatic rings. The lowest BCUT2D eigenvalue weighted by molar-refractivity contribution is -0.954. The molecule has 1 aliphatic heterocycles. The molecule has 2 bridgehead atoms. The van der Waals surface area contributed by atoms with Gasteiger partial charge in [0.15, 0.2) is 11.7 Å². The number of esters is 1. The first kappa shape index (κ1) is 23.6. The molecule has 4 nitrogen and oxygen atoms in total. The number of ether oxygens (including phenoxy) is 1. The summed E-state index contributed by atoms with van der Waals surface area (Å²) in [6.07, 6.45) is 8.27. The van der Waals surface area contributed by atoms with Crippen LogP contribution in [0.5, 0.6) is 0 Å². The van der Waals surface area contributed by atoms with Gasteiger partial charge in [-0.1, -0.05) is 86.3 Å². The Labute approximate surface area is 204 Å². The molecule has 1 N–H and O–H groups in total. The second-order valence-electron chi connectivity index (χ2n) is 11.2. The second-order valence-corrected chi connectivity index (χ2v) is 11.2. The molecule has 182 valence electrons. The summed E-state index contributed by atoms with van der Waals surface area (Å²) < 4.78 is 7.29. The Kier molecular flexibility index (Phi) is 6.56. The minimum absolute atomic E-state index is 0.0897. The number of aliphatic hydroxyl groups is 1. The van der Waals surface area contributed by atoms with Crippen LogP contribution < -0.4 is 0 Å². The SMILES string of the molecule is C[C@H](c1ccccc1)[N+]1(C)C[C@H]2CC[C@@H]1C2OC(=O)C(O)(c1ccccc1)C1CCCCCC1. The summed E-state index contributed by atoms with van der Waals surface area (Å²) in [6, 6.07) is 20.9. The van der Waals surface area contributed by atoms with Gasteiger partial charge in [0.1, 0.15) is 12.1 Å². The van der Waals surface area contributed by atoms with Crippen LogP contribution in [0.4, 0.5) is 0 Å². The number of quaternary nitrogens is 1. The summed E-state index contributed by atoms with van der Waals surface area (Å²) in [5.41, 5.74) is 0.455. The molecule has 4 heteroatoms. The van der Waals surface area contributed by atoms with Gasteiger partial charge in [0.25, 0.3) is 0 Å². The summed E-state index contributed by atoms with van der Waals surface area (Å²) >= 11 is 0. The highest BCUT2D eigenvalue weighted by Crippen LogP contribution is 2.50. The van der Waals surface area contributed by atoms with Gasteiger partial charge in [0.05, 0.1) is 19.5 Å². The van der Waals surface area contributed by atoms with Crippen LogP contribution >= 0.6 is 0 Å². The zero-order chi connectivity index (χ0) is 23.8. The maximum Gasteiger partial charge on any atom is 0.343 e. The Hall–Kier alpha value is -2.17. The van der Waals surface area contributed by atoms with Crippen LogP contribution in [0.25, 0.3) is 0 Å². The molecule has 3 unspecified atom stereocenters. The quantitative estimate of drug-likeness (QED) is 0.337. The van der Waals surface area contributed by atoms with Crippen LogP contribution in [0.2, 0.25) is 0 Å². The average molecular weight is 463 g/mol. The van der Waals surface area contributed by atoms with E-state index in [9.17, 15) is 9.90 Å². The van der Waals surface area contributed by atoms with Crippen molar-refractivity contribution < 1.29 is 19.1 Å². The van der Waals surface area contributed by atoms with Crippen LogP contribution in [0.1, 0.15) is 75.5 Å². The lowest BCUT2D eigenvalue weighted by Gasteiger charge is -2.43. The van der Waals surface area contributed by atoms with Gasteiger partial charge in [-0.15, -0.1) is 0 Å². The first-order valence-electron chi connectivity index (χ1n) is 13.3. The number of likely N-dealkylation sites (tertiary alicyclic amines) is 1. The van der Waals surface area contributed by atoms with E-state index in [1.807, 2.05) is 30.3 Å². The number of fused-ring (bicyclic) bond motifs is 2. The molecule has 6 atom stereocenters. The third-order valence-corrected chi connectivity index (χ3v) is 9.44. The first-order chi connectivity index (χ1) is 16.4. The number of hydrogen-bond acceptors (Lipinski definition) is 3. The second kappa shape index (κ2) is 9.47. The molecular formula is C30H40NO3+. The molecule has 1 heterocycles. The van der Waals surface area contributed by atoms with Crippen molar-refractivity contribution in [2.24, 2.45) is 11.8 Å². The van der Waals surface area contributed by atoms with Crippen molar-refractivity contribution in [2.75, 3.05) is 13.6 Å². The predicted octanol–water partition coefficient (Wildman–Crippen LogP) is 5.76. The highest BCUT2D eigenvalue weighted by atomic mass is 16.6. The molecule has 34 heavy (non-hydrogen) atoms. The highest BCUT2D eigenvalue weighted by molar-refractivity contribution is 5.82. The van der Waals surface area contributed by atoms with Crippen LogP contribution in [0.15, 0.2) is 60.7 Å². The number of benzene rings is 2. The molecule has 0 aromatic heterocycles. The van der Waals surface area contributed by atoms with Gasteiger partial charge in [-0.2, -0.15) is 0 Å². The maximum atomic E-state index is 13.9. The topological polar surface area (TPSA) is 46.5 Å². The zero-order valence-corrected chi connectivity index (χ0v) is 20.7. The molecular weight excluding hydrogens is 422 g/mol. The number of carbonyl (C=O) groups is 1. The largest absolute Gasteiger partial charge is 0.453 e. The smallest absolute Gasteiger partial charge is 0.343 e. The van der Waals surface area contributed by atoms with Gasteiger partial charge in [0, 0.05) is 17.9 Å². The van der Waals surface area contributed by atoms with Crippen molar-refractivity contribution in [2.45, 2.75) is 82.1 Å². The lowest BCUT2D eigenvalue weighted by Crippen LogP contribution is -2.53. The van der Waals surface area contributed by atoms with Gasteiger partial charge >= 0.3 is 5.97 Å². The third kappa shape index (κ3) is 3.99. The van der Waals surface area contributed by atoms with Crippen molar-refractivity contribution in [3.05, 3.63) is 71.8 Å². The van der Waals surface area contributed by atoms with Gasteiger partial charge < -0.3 is 14.3 Å². The zero-order valence-electron chi connectivity index (χ0n) is 20.7. The van der Waals surface area contributed by atoms with Gasteiger partial charge in [0.2, 0.25) is 0 Å². The molecule has 2 aromatic carbocycles. The Balaban J connectivity index is 1.41. The molecule has 3 aliphatic rings. The number of carbonyl (C=O) groups excluding carboxylic acids is 1. The average Bonchev–Trinajstić information content (AvgIpc) is 3.22. The highest BCUT2D eigenvalue weighted by Gasteiger charge is 2.61. The molecule has 0 amide bonds. The van der Waals surface area contributed by atoms with E-state index >= 15 is 0 Å². The molecule has 2 saturated carbocycles. The number of hydrogen-bond donors (Lipinski definition) is 1. The normalized spacial score (nSPS) is 32.0. The summed E-state index contributed by atoms with van der Waals surface area (Å²) in [5.74, 6) is -0.152. The maximum absolute atomic E-state index is 13.9. The van der Waals surface area contributed by atoms with Gasteiger partial charge in [-0.25, -0.2) is 4.79 Å². The number of nitrogens with zero attached hydrogens (tertiary/aromatic N) is 1. The molecule has 1 saturated heterocycles. The Bertz CT molecular complexity index is 971. The van der Waals surface area contributed by atoms with E-state index in [0.29, 0.717) is 17.5 Å². The van der Waals surface area contributed by atoms with Crippen molar-refractivity contribution in [1.82, 2.24) is 0 Å². The Morgan fingerprint density at radius 1 is 0.941 bits per heavy atom. The van der Waals surface area contributed by atoms with E-state index in [0.717, 1.165) is 49.6 Å². The van der Waals surface area contributed by atoms with Crippen molar-refractivity contribution in [3.8, 4) is 0 Å². The fraction of sp³-hybridized carbons (Fsp3) is 0.567. The number of likely N-dealkylation sites (N-methyl/N-ethyl adjacent to an activating group) is 1. The molecule has 0 spiro atoms. The van der Waals surface area contributed by atoms with E-state index < -0.39 is 11.6 Å². The van der Waals surface area contributed by atoms with Gasteiger partial charge in [-0.05, 0) is 31.7 Å². The van der Waals surface area contributed by atoms with Crippen LogP contribution in [0.3, 0.4) is 0 Å². The number of rotatable bonds is 6. The first-order valence-corrected chi connectivity index (χ1v) is 13.3. The standard InChI is InChI=1S/C30H40NO3/c1-22(23-13-7-5-8-14-23)31(2)21-24-19-20-27(31)28(24)34-29(32)30(33,26-17-11-6-12-18-26)25-15-9-3-4-10-16-25/h5-8,11-14,17-18,22,24-25,27-28,33H,3-4,9-10,15-16,19-21H2,1-2H3/q+1/t22-,24-,27-,28?,30?,31?/m1/s1. The van der Waals surface area contributed by atoms with E-state index in [-0.39, 0.29) is 18.1 Å².